The summed E-state index contributed by atoms with van der Waals surface area (Å²) in [4.78, 5) is 0. The molecule has 0 radical (unpaired) electrons. The third-order valence-electron chi connectivity index (χ3n) is 5.83. The number of hydrogen-bond acceptors (Lipinski definition) is 1. The Hall–Kier alpha value is -2.54. The van der Waals surface area contributed by atoms with Crippen LogP contribution in [-0.4, -0.2) is 7.11 Å². The van der Waals surface area contributed by atoms with Crippen LogP contribution in [0.3, 0.4) is 0 Å². The quantitative estimate of drug-likeness (QED) is 0.553. The summed E-state index contributed by atoms with van der Waals surface area (Å²) in [6, 6.07) is 24.5. The van der Waals surface area contributed by atoms with Gasteiger partial charge < -0.3 is 4.74 Å². The van der Waals surface area contributed by atoms with Gasteiger partial charge in [-0.05, 0) is 72.6 Å². The number of benzene rings is 3. The van der Waals surface area contributed by atoms with Crippen LogP contribution in [0.5, 0.6) is 5.75 Å². The largest absolute Gasteiger partial charge is 0.497 e. The molecule has 1 heteroatoms. The lowest BCUT2D eigenvalue weighted by Gasteiger charge is -2.35. The maximum Gasteiger partial charge on any atom is 0.118 e. The maximum atomic E-state index is 5.37. The number of hydrogen-bond donors (Lipinski definition) is 0. The van der Waals surface area contributed by atoms with Gasteiger partial charge in [-0.1, -0.05) is 60.2 Å². The molecule has 0 amide bonds. The number of rotatable bonds is 3. The van der Waals surface area contributed by atoms with E-state index >= 15 is 0 Å². The van der Waals surface area contributed by atoms with E-state index < -0.39 is 0 Å². The fourth-order valence-corrected chi connectivity index (χ4v) is 4.48. The Morgan fingerprint density at radius 2 is 1.62 bits per heavy atom. The molecule has 0 N–H and O–H groups in total. The summed E-state index contributed by atoms with van der Waals surface area (Å²) in [7, 11) is 1.73. The first kappa shape index (κ1) is 16.9. The molecule has 3 aromatic carbocycles. The Morgan fingerprint density at radius 3 is 2.38 bits per heavy atom. The molecule has 0 unspecified atom stereocenters. The molecular formula is C25H26O. The summed E-state index contributed by atoms with van der Waals surface area (Å²) < 4.78 is 5.37. The van der Waals surface area contributed by atoms with Crippen molar-refractivity contribution in [2.45, 2.75) is 38.5 Å². The second-order valence-electron chi connectivity index (χ2n) is 7.45. The van der Waals surface area contributed by atoms with E-state index in [0.717, 1.165) is 12.2 Å². The SMILES string of the molecule is COc1ccc([C@@H]2c3ccccc3CC[C@H]2c2cc(C)ccc2C)cc1. The summed E-state index contributed by atoms with van der Waals surface area (Å²) in [6.07, 6.45) is 2.35. The maximum absolute atomic E-state index is 5.37. The van der Waals surface area contributed by atoms with Gasteiger partial charge in [0.2, 0.25) is 0 Å². The van der Waals surface area contributed by atoms with Crippen LogP contribution in [0.15, 0.2) is 66.7 Å². The van der Waals surface area contributed by atoms with Crippen molar-refractivity contribution in [1.82, 2.24) is 0 Å². The van der Waals surface area contributed by atoms with Crippen molar-refractivity contribution in [1.29, 1.82) is 0 Å². The third kappa shape index (κ3) is 3.03. The molecule has 1 aliphatic carbocycles. The van der Waals surface area contributed by atoms with E-state index in [2.05, 4.69) is 80.6 Å². The molecule has 2 atom stereocenters. The summed E-state index contributed by atoms with van der Waals surface area (Å²) in [5, 5.41) is 0. The lowest BCUT2D eigenvalue weighted by Crippen LogP contribution is -2.21. The number of fused-ring (bicyclic) bond motifs is 1. The molecule has 26 heavy (non-hydrogen) atoms. The minimum absolute atomic E-state index is 0.395. The van der Waals surface area contributed by atoms with E-state index in [4.69, 9.17) is 4.74 Å². The predicted molar refractivity (Wildman–Crippen MR) is 108 cm³/mol. The van der Waals surface area contributed by atoms with E-state index in [1.807, 2.05) is 0 Å². The van der Waals surface area contributed by atoms with Gasteiger partial charge in [-0.15, -0.1) is 0 Å². The van der Waals surface area contributed by atoms with Crippen molar-refractivity contribution < 1.29 is 4.74 Å². The number of aryl methyl sites for hydroxylation is 3. The zero-order chi connectivity index (χ0) is 18.1. The van der Waals surface area contributed by atoms with Gasteiger partial charge in [-0.25, -0.2) is 0 Å². The highest BCUT2D eigenvalue weighted by molar-refractivity contribution is 5.47. The van der Waals surface area contributed by atoms with E-state index in [9.17, 15) is 0 Å². The normalized spacial score (nSPS) is 19.0. The van der Waals surface area contributed by atoms with Gasteiger partial charge >= 0.3 is 0 Å². The standard InChI is InChI=1S/C25H26O/c1-17-8-9-18(2)24(16-17)23-15-12-19-6-4-5-7-22(19)25(23)20-10-13-21(26-3)14-11-20/h4-11,13-14,16,23,25H,12,15H2,1-3H3/t23-,25+/m0/s1. The summed E-state index contributed by atoms with van der Waals surface area (Å²) >= 11 is 0. The molecule has 0 saturated carbocycles. The molecule has 3 aromatic rings. The first-order valence-electron chi connectivity index (χ1n) is 9.46. The summed E-state index contributed by atoms with van der Waals surface area (Å²) in [5.74, 6) is 1.82. The third-order valence-corrected chi connectivity index (χ3v) is 5.83. The molecule has 1 aliphatic rings. The van der Waals surface area contributed by atoms with Gasteiger partial charge in [0.1, 0.15) is 5.75 Å². The van der Waals surface area contributed by atoms with Crippen molar-refractivity contribution in [2.75, 3.05) is 7.11 Å². The van der Waals surface area contributed by atoms with Crippen LogP contribution in [0.4, 0.5) is 0 Å². The highest BCUT2D eigenvalue weighted by Crippen LogP contribution is 2.47. The molecule has 0 aromatic heterocycles. The van der Waals surface area contributed by atoms with Crippen LogP contribution in [0.25, 0.3) is 0 Å². The Bertz CT molecular complexity index is 908. The fourth-order valence-electron chi connectivity index (χ4n) is 4.48. The summed E-state index contributed by atoms with van der Waals surface area (Å²) in [6.45, 7) is 4.45. The van der Waals surface area contributed by atoms with Crippen molar-refractivity contribution in [3.8, 4) is 5.75 Å². The van der Waals surface area contributed by atoms with Gasteiger partial charge in [0.15, 0.2) is 0 Å². The average molecular weight is 342 g/mol. The highest BCUT2D eigenvalue weighted by atomic mass is 16.5. The van der Waals surface area contributed by atoms with Gasteiger partial charge in [0, 0.05) is 5.92 Å². The second-order valence-corrected chi connectivity index (χ2v) is 7.45. The number of methoxy groups -OCH3 is 1. The first-order valence-corrected chi connectivity index (χ1v) is 9.46. The molecule has 0 aliphatic heterocycles. The van der Waals surface area contributed by atoms with Crippen LogP contribution in [0, 0.1) is 13.8 Å². The van der Waals surface area contributed by atoms with Crippen molar-refractivity contribution in [2.24, 2.45) is 0 Å². The monoisotopic (exact) mass is 342 g/mol. The molecule has 0 spiro atoms. The van der Waals surface area contributed by atoms with Crippen molar-refractivity contribution >= 4 is 0 Å². The zero-order valence-electron chi connectivity index (χ0n) is 15.8. The molecule has 0 bridgehead atoms. The predicted octanol–water partition coefficient (Wildman–Crippen LogP) is 6.17. The molecule has 132 valence electrons. The van der Waals surface area contributed by atoms with Crippen LogP contribution in [0.1, 0.15) is 51.6 Å². The van der Waals surface area contributed by atoms with Crippen molar-refractivity contribution in [3.63, 3.8) is 0 Å². The van der Waals surface area contributed by atoms with Gasteiger partial charge in [-0.3, -0.25) is 0 Å². The number of ether oxygens (including phenoxy) is 1. The van der Waals surface area contributed by atoms with Crippen LogP contribution in [-0.2, 0) is 6.42 Å². The van der Waals surface area contributed by atoms with Crippen LogP contribution >= 0.6 is 0 Å². The Balaban J connectivity index is 1.86. The summed E-state index contributed by atoms with van der Waals surface area (Å²) in [5.41, 5.74) is 8.60. The topological polar surface area (TPSA) is 9.23 Å². The minimum Gasteiger partial charge on any atom is -0.497 e. The Kier molecular flexibility index (Phi) is 4.55. The van der Waals surface area contributed by atoms with Crippen LogP contribution in [0.2, 0.25) is 0 Å². The van der Waals surface area contributed by atoms with E-state index in [0.29, 0.717) is 11.8 Å². The lowest BCUT2D eigenvalue weighted by atomic mass is 9.68. The Morgan fingerprint density at radius 1 is 0.846 bits per heavy atom. The van der Waals surface area contributed by atoms with Crippen molar-refractivity contribution in [3.05, 3.63) is 100 Å². The van der Waals surface area contributed by atoms with Gasteiger partial charge in [0.05, 0.1) is 7.11 Å². The molecule has 4 rings (SSSR count). The van der Waals surface area contributed by atoms with E-state index in [1.165, 1.54) is 39.8 Å². The van der Waals surface area contributed by atoms with E-state index in [-0.39, 0.29) is 0 Å². The average Bonchev–Trinajstić information content (AvgIpc) is 2.69. The zero-order valence-corrected chi connectivity index (χ0v) is 15.8. The molecule has 0 heterocycles. The molecular weight excluding hydrogens is 316 g/mol. The first-order chi connectivity index (χ1) is 12.7. The van der Waals surface area contributed by atoms with Gasteiger partial charge in [-0.2, -0.15) is 0 Å². The van der Waals surface area contributed by atoms with Crippen LogP contribution < -0.4 is 4.74 Å². The Labute approximate surface area is 156 Å². The molecule has 0 saturated heterocycles. The molecule has 0 fully saturated rings. The second kappa shape index (κ2) is 6.99. The fraction of sp³-hybridized carbons (Fsp3) is 0.280. The van der Waals surface area contributed by atoms with Gasteiger partial charge in [0.25, 0.3) is 0 Å². The smallest absolute Gasteiger partial charge is 0.118 e. The highest BCUT2D eigenvalue weighted by Gasteiger charge is 2.32. The molecule has 1 nitrogen and oxygen atoms in total. The minimum atomic E-state index is 0.395. The lowest BCUT2D eigenvalue weighted by molar-refractivity contribution is 0.414. The van der Waals surface area contributed by atoms with E-state index in [1.54, 1.807) is 7.11 Å².